The van der Waals surface area contributed by atoms with E-state index in [1.54, 1.807) is 0 Å². The van der Waals surface area contributed by atoms with E-state index in [0.717, 1.165) is 38.0 Å². The Morgan fingerprint density at radius 1 is 1.44 bits per heavy atom. The molecule has 1 fully saturated rings. The molecule has 1 aliphatic rings. The molecule has 106 valence electrons. The van der Waals surface area contributed by atoms with E-state index in [2.05, 4.69) is 12.2 Å². The Morgan fingerprint density at radius 2 is 2.06 bits per heavy atom. The summed E-state index contributed by atoms with van der Waals surface area (Å²) in [5.74, 6) is 0.603. The number of hydrogen-bond acceptors (Lipinski definition) is 3. The average molecular weight is 256 g/mol. The number of nitrogens with two attached hydrogens (primary N) is 1. The average Bonchev–Trinajstić information content (AvgIpc) is 2.37. The fraction of sp³-hybridized carbons (Fsp3) is 0.929. The molecule has 1 aliphatic carbocycles. The van der Waals surface area contributed by atoms with Gasteiger partial charge in [0.15, 0.2) is 0 Å². The van der Waals surface area contributed by atoms with E-state index in [0.29, 0.717) is 13.0 Å². The molecule has 0 aromatic heterocycles. The normalized spacial score (nSPS) is 29.9. The van der Waals surface area contributed by atoms with E-state index < -0.39 is 11.6 Å². The standard InChI is InChI=1S/C14H28N2O2/c1-3-5-12(15)13(17)16-10-14(18)8-6-11(4-2)7-9-14/h11-12,18H,3-10,15H2,1-2H3,(H,16,17)/t11?,12-,14?/m1/s1. The van der Waals surface area contributed by atoms with Gasteiger partial charge in [-0.25, -0.2) is 0 Å². The van der Waals surface area contributed by atoms with Crippen LogP contribution in [0.1, 0.15) is 58.8 Å². The molecule has 0 aliphatic heterocycles. The second kappa shape index (κ2) is 7.10. The Balaban J connectivity index is 2.32. The number of amides is 1. The topological polar surface area (TPSA) is 75.4 Å². The molecule has 0 aromatic rings. The summed E-state index contributed by atoms with van der Waals surface area (Å²) < 4.78 is 0. The largest absolute Gasteiger partial charge is 0.388 e. The number of aliphatic hydroxyl groups is 1. The van der Waals surface area contributed by atoms with E-state index in [1.165, 1.54) is 6.42 Å². The highest BCUT2D eigenvalue weighted by Crippen LogP contribution is 2.33. The number of carbonyl (C=O) groups excluding carboxylic acids is 1. The Hall–Kier alpha value is -0.610. The van der Waals surface area contributed by atoms with E-state index in [1.807, 2.05) is 6.92 Å². The van der Waals surface area contributed by atoms with Crippen LogP contribution in [0, 0.1) is 5.92 Å². The lowest BCUT2D eigenvalue weighted by Crippen LogP contribution is -2.49. The van der Waals surface area contributed by atoms with Crippen molar-refractivity contribution in [3.05, 3.63) is 0 Å². The number of rotatable bonds is 6. The van der Waals surface area contributed by atoms with Crippen LogP contribution in [0.15, 0.2) is 0 Å². The van der Waals surface area contributed by atoms with Crippen molar-refractivity contribution in [2.75, 3.05) is 6.54 Å². The zero-order valence-corrected chi connectivity index (χ0v) is 11.7. The van der Waals surface area contributed by atoms with Crippen LogP contribution in [0.4, 0.5) is 0 Å². The molecule has 18 heavy (non-hydrogen) atoms. The van der Waals surface area contributed by atoms with E-state index in [-0.39, 0.29) is 5.91 Å². The van der Waals surface area contributed by atoms with Gasteiger partial charge < -0.3 is 16.2 Å². The Labute approximate surface area is 110 Å². The van der Waals surface area contributed by atoms with E-state index in [9.17, 15) is 9.90 Å². The first kappa shape index (κ1) is 15.4. The molecule has 4 N–H and O–H groups in total. The van der Waals surface area contributed by atoms with Crippen molar-refractivity contribution in [3.8, 4) is 0 Å². The van der Waals surface area contributed by atoms with Crippen LogP contribution in [0.5, 0.6) is 0 Å². The smallest absolute Gasteiger partial charge is 0.237 e. The first-order valence-corrected chi connectivity index (χ1v) is 7.26. The van der Waals surface area contributed by atoms with Crippen LogP contribution in [0.3, 0.4) is 0 Å². The van der Waals surface area contributed by atoms with Crippen molar-refractivity contribution in [1.82, 2.24) is 5.32 Å². The van der Waals surface area contributed by atoms with Gasteiger partial charge in [-0.3, -0.25) is 4.79 Å². The molecule has 0 spiro atoms. The van der Waals surface area contributed by atoms with Gasteiger partial charge in [0.2, 0.25) is 5.91 Å². The molecule has 1 amide bonds. The van der Waals surface area contributed by atoms with Gasteiger partial charge in [0.05, 0.1) is 11.6 Å². The molecular weight excluding hydrogens is 228 g/mol. The van der Waals surface area contributed by atoms with Gasteiger partial charge in [-0.15, -0.1) is 0 Å². The molecular formula is C14H28N2O2. The van der Waals surface area contributed by atoms with Crippen LogP contribution in [0.2, 0.25) is 0 Å². The highest BCUT2D eigenvalue weighted by molar-refractivity contribution is 5.81. The third-order valence-electron chi connectivity index (χ3n) is 4.14. The van der Waals surface area contributed by atoms with Crippen molar-refractivity contribution >= 4 is 5.91 Å². The third kappa shape index (κ3) is 4.58. The van der Waals surface area contributed by atoms with Gasteiger partial charge in [0, 0.05) is 6.54 Å². The molecule has 0 unspecified atom stereocenters. The lowest BCUT2D eigenvalue weighted by atomic mass is 9.78. The van der Waals surface area contributed by atoms with Gasteiger partial charge in [-0.05, 0) is 38.0 Å². The van der Waals surface area contributed by atoms with Crippen molar-refractivity contribution < 1.29 is 9.90 Å². The molecule has 0 bridgehead atoms. The monoisotopic (exact) mass is 256 g/mol. The van der Waals surface area contributed by atoms with Crippen LogP contribution in [0.25, 0.3) is 0 Å². The van der Waals surface area contributed by atoms with E-state index >= 15 is 0 Å². The number of hydrogen-bond donors (Lipinski definition) is 3. The second-order valence-corrected chi connectivity index (χ2v) is 5.69. The van der Waals surface area contributed by atoms with Crippen molar-refractivity contribution in [3.63, 3.8) is 0 Å². The summed E-state index contributed by atoms with van der Waals surface area (Å²) in [6.07, 6.45) is 6.47. The van der Waals surface area contributed by atoms with Crippen molar-refractivity contribution in [1.29, 1.82) is 0 Å². The second-order valence-electron chi connectivity index (χ2n) is 5.69. The number of nitrogens with one attached hydrogen (secondary N) is 1. The molecule has 1 rings (SSSR count). The molecule has 1 atom stereocenters. The Kier molecular flexibility index (Phi) is 6.09. The molecule has 0 radical (unpaired) electrons. The highest BCUT2D eigenvalue weighted by Gasteiger charge is 2.33. The zero-order valence-electron chi connectivity index (χ0n) is 11.7. The van der Waals surface area contributed by atoms with Gasteiger partial charge in [0.25, 0.3) is 0 Å². The van der Waals surface area contributed by atoms with Crippen LogP contribution < -0.4 is 11.1 Å². The Morgan fingerprint density at radius 3 is 2.56 bits per heavy atom. The summed E-state index contributed by atoms with van der Waals surface area (Å²) in [5.41, 5.74) is 5.02. The molecule has 0 saturated heterocycles. The van der Waals surface area contributed by atoms with Gasteiger partial charge in [0.1, 0.15) is 0 Å². The first-order valence-electron chi connectivity index (χ1n) is 7.26. The predicted molar refractivity (Wildman–Crippen MR) is 73.1 cm³/mol. The summed E-state index contributed by atoms with van der Waals surface area (Å²) in [5, 5.41) is 13.2. The van der Waals surface area contributed by atoms with Crippen LogP contribution in [-0.2, 0) is 4.79 Å². The molecule has 0 heterocycles. The quantitative estimate of drug-likeness (QED) is 0.675. The maximum absolute atomic E-state index is 11.7. The third-order valence-corrected chi connectivity index (χ3v) is 4.14. The first-order chi connectivity index (χ1) is 8.50. The van der Waals surface area contributed by atoms with Crippen LogP contribution in [-0.4, -0.2) is 29.2 Å². The lowest BCUT2D eigenvalue weighted by Gasteiger charge is -2.36. The molecule has 4 heteroatoms. The van der Waals surface area contributed by atoms with Crippen molar-refractivity contribution in [2.24, 2.45) is 11.7 Å². The van der Waals surface area contributed by atoms with Crippen LogP contribution >= 0.6 is 0 Å². The van der Waals surface area contributed by atoms with Crippen molar-refractivity contribution in [2.45, 2.75) is 70.4 Å². The Bertz CT molecular complexity index is 261. The van der Waals surface area contributed by atoms with Gasteiger partial charge in [-0.2, -0.15) is 0 Å². The summed E-state index contributed by atoms with van der Waals surface area (Å²) in [7, 11) is 0. The summed E-state index contributed by atoms with van der Waals surface area (Å²) in [6, 6.07) is -0.439. The SMILES string of the molecule is CCC[C@@H](N)C(=O)NCC1(O)CCC(CC)CC1. The summed E-state index contributed by atoms with van der Waals surface area (Å²) in [6.45, 7) is 4.55. The van der Waals surface area contributed by atoms with Gasteiger partial charge >= 0.3 is 0 Å². The fourth-order valence-corrected chi connectivity index (χ4v) is 2.62. The minimum atomic E-state index is -0.715. The van der Waals surface area contributed by atoms with Gasteiger partial charge in [-0.1, -0.05) is 26.7 Å². The minimum absolute atomic E-state index is 0.136. The zero-order chi connectivity index (χ0) is 13.6. The number of carbonyl (C=O) groups is 1. The molecule has 0 aromatic carbocycles. The summed E-state index contributed by atoms with van der Waals surface area (Å²) in [4.78, 5) is 11.7. The van der Waals surface area contributed by atoms with E-state index in [4.69, 9.17) is 5.73 Å². The fourth-order valence-electron chi connectivity index (χ4n) is 2.62. The predicted octanol–water partition coefficient (Wildman–Crippen LogP) is 1.56. The minimum Gasteiger partial charge on any atom is -0.388 e. The summed E-state index contributed by atoms with van der Waals surface area (Å²) >= 11 is 0. The maximum Gasteiger partial charge on any atom is 0.237 e. The highest BCUT2D eigenvalue weighted by atomic mass is 16.3. The molecule has 1 saturated carbocycles. The maximum atomic E-state index is 11.7. The lowest BCUT2D eigenvalue weighted by molar-refractivity contribution is -0.124. The molecule has 4 nitrogen and oxygen atoms in total.